The summed E-state index contributed by atoms with van der Waals surface area (Å²) in [6.07, 6.45) is 0. The Morgan fingerprint density at radius 2 is 2.20 bits per heavy atom. The Morgan fingerprint density at radius 1 is 1.53 bits per heavy atom. The van der Waals surface area contributed by atoms with E-state index >= 15 is 0 Å². The van der Waals surface area contributed by atoms with Gasteiger partial charge in [-0.25, -0.2) is 0 Å². The van der Waals surface area contributed by atoms with E-state index in [1.54, 1.807) is 12.1 Å². The first-order chi connectivity index (χ1) is 7.04. The van der Waals surface area contributed by atoms with Crippen molar-refractivity contribution in [1.82, 2.24) is 5.32 Å². The SMILES string of the molecule is CC(=O)N/C(=N\O)c1ccc(C)c(Br)c1. The zero-order chi connectivity index (χ0) is 11.4. The molecule has 0 aliphatic carbocycles. The fourth-order valence-corrected chi connectivity index (χ4v) is 1.44. The molecule has 0 heterocycles. The molecule has 80 valence electrons. The van der Waals surface area contributed by atoms with Crippen LogP contribution in [-0.2, 0) is 4.79 Å². The van der Waals surface area contributed by atoms with Gasteiger partial charge in [-0.1, -0.05) is 33.2 Å². The van der Waals surface area contributed by atoms with Crippen LogP contribution in [0.25, 0.3) is 0 Å². The van der Waals surface area contributed by atoms with E-state index in [1.165, 1.54) is 6.92 Å². The molecule has 0 saturated heterocycles. The highest BCUT2D eigenvalue weighted by atomic mass is 79.9. The summed E-state index contributed by atoms with van der Waals surface area (Å²) in [7, 11) is 0. The molecule has 1 aromatic carbocycles. The molecule has 0 bridgehead atoms. The molecule has 4 nitrogen and oxygen atoms in total. The van der Waals surface area contributed by atoms with Crippen molar-refractivity contribution in [3.05, 3.63) is 33.8 Å². The first-order valence-electron chi connectivity index (χ1n) is 4.30. The van der Waals surface area contributed by atoms with Gasteiger partial charge in [0.1, 0.15) is 0 Å². The number of benzene rings is 1. The summed E-state index contributed by atoms with van der Waals surface area (Å²) in [4.78, 5) is 10.8. The molecule has 0 aliphatic rings. The van der Waals surface area contributed by atoms with Crippen LogP contribution in [-0.4, -0.2) is 17.0 Å². The van der Waals surface area contributed by atoms with Crippen molar-refractivity contribution in [3.8, 4) is 0 Å². The molecule has 0 radical (unpaired) electrons. The maximum absolute atomic E-state index is 10.8. The number of nitrogens with one attached hydrogen (secondary N) is 1. The number of rotatable bonds is 1. The Kier molecular flexibility index (Phi) is 3.85. The predicted octanol–water partition coefficient (Wildman–Crippen LogP) is 2.03. The zero-order valence-corrected chi connectivity index (χ0v) is 10.00. The van der Waals surface area contributed by atoms with E-state index in [2.05, 4.69) is 26.4 Å². The number of oxime groups is 1. The molecule has 1 amide bonds. The molecule has 0 aliphatic heterocycles. The molecule has 0 atom stereocenters. The van der Waals surface area contributed by atoms with Crippen LogP contribution >= 0.6 is 15.9 Å². The summed E-state index contributed by atoms with van der Waals surface area (Å²) in [5.74, 6) is -0.136. The van der Waals surface area contributed by atoms with Crippen molar-refractivity contribution >= 4 is 27.7 Å². The lowest BCUT2D eigenvalue weighted by Crippen LogP contribution is -2.28. The van der Waals surface area contributed by atoms with Gasteiger partial charge in [-0.2, -0.15) is 0 Å². The van der Waals surface area contributed by atoms with E-state index in [0.29, 0.717) is 5.56 Å². The lowest BCUT2D eigenvalue weighted by atomic mass is 10.1. The van der Waals surface area contributed by atoms with Crippen molar-refractivity contribution in [3.63, 3.8) is 0 Å². The van der Waals surface area contributed by atoms with Crippen LogP contribution < -0.4 is 5.32 Å². The van der Waals surface area contributed by atoms with E-state index in [1.807, 2.05) is 13.0 Å². The Morgan fingerprint density at radius 3 is 2.67 bits per heavy atom. The van der Waals surface area contributed by atoms with Gasteiger partial charge < -0.3 is 10.5 Å². The summed E-state index contributed by atoms with van der Waals surface area (Å²) >= 11 is 3.36. The summed E-state index contributed by atoms with van der Waals surface area (Å²) in [5, 5.41) is 14.2. The minimum absolute atomic E-state index is 0.142. The van der Waals surface area contributed by atoms with Gasteiger partial charge in [-0.3, -0.25) is 4.79 Å². The third-order valence-electron chi connectivity index (χ3n) is 1.84. The molecule has 1 rings (SSSR count). The summed E-state index contributed by atoms with van der Waals surface area (Å²) in [6.45, 7) is 3.30. The van der Waals surface area contributed by atoms with Crippen LogP contribution in [0.3, 0.4) is 0 Å². The van der Waals surface area contributed by atoms with Crippen molar-refractivity contribution < 1.29 is 10.0 Å². The normalized spacial score (nSPS) is 11.3. The Bertz CT molecular complexity index is 416. The largest absolute Gasteiger partial charge is 0.409 e. The van der Waals surface area contributed by atoms with Crippen molar-refractivity contribution in [1.29, 1.82) is 0 Å². The van der Waals surface area contributed by atoms with Gasteiger partial charge in [-0.05, 0) is 18.6 Å². The van der Waals surface area contributed by atoms with Gasteiger partial charge in [0.25, 0.3) is 0 Å². The number of carbonyl (C=O) groups is 1. The number of carbonyl (C=O) groups excluding carboxylic acids is 1. The predicted molar refractivity (Wildman–Crippen MR) is 61.0 cm³/mol. The first-order valence-corrected chi connectivity index (χ1v) is 5.10. The summed E-state index contributed by atoms with van der Waals surface area (Å²) < 4.78 is 0.895. The topological polar surface area (TPSA) is 61.7 Å². The van der Waals surface area contributed by atoms with E-state index in [0.717, 1.165) is 10.0 Å². The van der Waals surface area contributed by atoms with E-state index < -0.39 is 0 Å². The third kappa shape index (κ3) is 3.06. The molecule has 15 heavy (non-hydrogen) atoms. The van der Waals surface area contributed by atoms with Gasteiger partial charge in [-0.15, -0.1) is 0 Å². The molecule has 1 aromatic rings. The van der Waals surface area contributed by atoms with Crippen LogP contribution in [0.1, 0.15) is 18.1 Å². The van der Waals surface area contributed by atoms with Gasteiger partial charge in [0.2, 0.25) is 5.91 Å². The average Bonchev–Trinajstić information content (AvgIpc) is 2.18. The number of amidine groups is 1. The standard InChI is InChI=1S/C10H11BrN2O2/c1-6-3-4-8(5-9(6)11)10(13-15)12-7(2)14/h3-5,15H,1-2H3,(H,12,13,14). The van der Waals surface area contributed by atoms with E-state index in [9.17, 15) is 4.79 Å². The maximum Gasteiger partial charge on any atom is 0.222 e. The smallest absolute Gasteiger partial charge is 0.222 e. The lowest BCUT2D eigenvalue weighted by molar-refractivity contribution is -0.117. The highest BCUT2D eigenvalue weighted by molar-refractivity contribution is 9.10. The van der Waals surface area contributed by atoms with Gasteiger partial charge in [0.15, 0.2) is 5.84 Å². The zero-order valence-electron chi connectivity index (χ0n) is 8.41. The number of halogens is 1. The van der Waals surface area contributed by atoms with Crippen LogP contribution in [0, 0.1) is 6.92 Å². The highest BCUT2D eigenvalue weighted by Crippen LogP contribution is 2.17. The van der Waals surface area contributed by atoms with Crippen molar-refractivity contribution in [2.75, 3.05) is 0 Å². The second kappa shape index (κ2) is 4.93. The summed E-state index contributed by atoms with van der Waals surface area (Å²) in [5.41, 5.74) is 1.71. The fraction of sp³-hybridized carbons (Fsp3) is 0.200. The molecule has 0 unspecified atom stereocenters. The number of hydrogen-bond acceptors (Lipinski definition) is 3. The van der Waals surface area contributed by atoms with E-state index in [-0.39, 0.29) is 11.7 Å². The second-order valence-corrected chi connectivity index (χ2v) is 3.95. The monoisotopic (exact) mass is 270 g/mol. The molecule has 0 saturated carbocycles. The first kappa shape index (κ1) is 11.7. The van der Waals surface area contributed by atoms with Crippen LogP contribution in [0.2, 0.25) is 0 Å². The molecule has 2 N–H and O–H groups in total. The van der Waals surface area contributed by atoms with Gasteiger partial charge in [0, 0.05) is 17.0 Å². The minimum Gasteiger partial charge on any atom is -0.409 e. The molecule has 5 heteroatoms. The lowest BCUT2D eigenvalue weighted by Gasteiger charge is -2.06. The molecule has 0 spiro atoms. The summed E-state index contributed by atoms with van der Waals surface area (Å²) in [6, 6.07) is 5.41. The third-order valence-corrected chi connectivity index (χ3v) is 2.69. The number of hydrogen-bond donors (Lipinski definition) is 2. The van der Waals surface area contributed by atoms with Crippen LogP contribution in [0.15, 0.2) is 27.8 Å². The van der Waals surface area contributed by atoms with Gasteiger partial charge >= 0.3 is 0 Å². The molecular weight excluding hydrogens is 260 g/mol. The van der Waals surface area contributed by atoms with Crippen molar-refractivity contribution in [2.24, 2.45) is 5.16 Å². The maximum atomic E-state index is 10.8. The number of amides is 1. The van der Waals surface area contributed by atoms with Crippen LogP contribution in [0.5, 0.6) is 0 Å². The van der Waals surface area contributed by atoms with Gasteiger partial charge in [0.05, 0.1) is 0 Å². The Balaban J connectivity index is 3.03. The molecule has 0 fully saturated rings. The fourth-order valence-electron chi connectivity index (χ4n) is 1.06. The second-order valence-electron chi connectivity index (χ2n) is 3.09. The number of aryl methyl sites for hydroxylation is 1. The average molecular weight is 271 g/mol. The van der Waals surface area contributed by atoms with Crippen LogP contribution in [0.4, 0.5) is 0 Å². The Hall–Kier alpha value is -1.36. The van der Waals surface area contributed by atoms with Crippen molar-refractivity contribution in [2.45, 2.75) is 13.8 Å². The molecular formula is C10H11BrN2O2. The quantitative estimate of drug-likeness (QED) is 0.355. The van der Waals surface area contributed by atoms with E-state index in [4.69, 9.17) is 5.21 Å². The number of nitrogens with zero attached hydrogens (tertiary/aromatic N) is 1. The molecule has 0 aromatic heterocycles. The Labute approximate surface area is 96.1 Å². The minimum atomic E-state index is -0.278. The highest BCUT2D eigenvalue weighted by Gasteiger charge is 2.07.